The minimum Gasteiger partial charge on any atom is -0.493 e. The van der Waals surface area contributed by atoms with Crippen LogP contribution in [0.2, 0.25) is 0 Å². The van der Waals surface area contributed by atoms with Crippen LogP contribution in [0, 0.1) is 0 Å². The normalized spacial score (nSPS) is 17.3. The Balaban J connectivity index is 1.91. The molecule has 24 heavy (non-hydrogen) atoms. The lowest BCUT2D eigenvalue weighted by Gasteiger charge is -2.26. The van der Waals surface area contributed by atoms with Gasteiger partial charge < -0.3 is 19.1 Å². The molecule has 1 aromatic heterocycles. The smallest absolute Gasteiger partial charge is 0.227 e. The number of nitrogens with zero attached hydrogens (tertiary/aromatic N) is 4. The fraction of sp³-hybridized carbons (Fsp3) is 0.529. The van der Waals surface area contributed by atoms with E-state index < -0.39 is 0 Å². The average molecular weight is 332 g/mol. The molecule has 0 radical (unpaired) electrons. The highest BCUT2D eigenvalue weighted by Gasteiger charge is 2.30. The van der Waals surface area contributed by atoms with E-state index in [1.54, 1.807) is 21.3 Å². The zero-order valence-corrected chi connectivity index (χ0v) is 14.7. The molecule has 7 heteroatoms. The number of rotatable bonds is 6. The van der Waals surface area contributed by atoms with Gasteiger partial charge in [-0.25, -0.2) is 0 Å². The summed E-state index contributed by atoms with van der Waals surface area (Å²) in [5.41, 5.74) is 1.20. The Bertz CT molecular complexity index is 701. The maximum atomic E-state index is 5.44. The molecule has 1 unspecified atom stereocenters. The molecule has 0 N–H and O–H groups in total. The van der Waals surface area contributed by atoms with Crippen molar-refractivity contribution in [2.45, 2.75) is 25.5 Å². The van der Waals surface area contributed by atoms with Crippen molar-refractivity contribution in [1.29, 1.82) is 0 Å². The van der Waals surface area contributed by atoms with Crippen LogP contribution in [-0.2, 0) is 18.4 Å². The molecular weight excluding hydrogens is 308 g/mol. The van der Waals surface area contributed by atoms with Crippen LogP contribution in [0.4, 0.5) is 5.95 Å². The van der Waals surface area contributed by atoms with E-state index in [0.29, 0.717) is 6.61 Å². The summed E-state index contributed by atoms with van der Waals surface area (Å²) in [6, 6.07) is 6.35. The molecule has 3 rings (SSSR count). The Morgan fingerprint density at radius 2 is 1.92 bits per heavy atom. The molecule has 0 saturated carbocycles. The van der Waals surface area contributed by atoms with E-state index in [1.165, 1.54) is 5.56 Å². The van der Waals surface area contributed by atoms with Crippen LogP contribution < -0.4 is 14.4 Å². The second kappa shape index (κ2) is 7.09. The molecule has 2 heterocycles. The molecule has 0 bridgehead atoms. The fourth-order valence-corrected chi connectivity index (χ4v) is 3.27. The van der Waals surface area contributed by atoms with Crippen LogP contribution in [0.3, 0.4) is 0 Å². The van der Waals surface area contributed by atoms with Gasteiger partial charge in [-0.05, 0) is 30.5 Å². The Labute approximate surface area is 142 Å². The zero-order chi connectivity index (χ0) is 17.1. The van der Waals surface area contributed by atoms with Gasteiger partial charge in [0.25, 0.3) is 0 Å². The number of benzene rings is 1. The molecule has 0 spiro atoms. The lowest BCUT2D eigenvalue weighted by Crippen LogP contribution is -2.25. The first kappa shape index (κ1) is 16.6. The van der Waals surface area contributed by atoms with E-state index in [4.69, 9.17) is 14.2 Å². The summed E-state index contributed by atoms with van der Waals surface area (Å²) in [5, 5.41) is 8.61. The third kappa shape index (κ3) is 2.91. The highest BCUT2D eigenvalue weighted by atomic mass is 16.5. The molecule has 2 aromatic rings. The maximum absolute atomic E-state index is 5.44. The number of hydrogen-bond acceptors (Lipinski definition) is 6. The van der Waals surface area contributed by atoms with Gasteiger partial charge in [-0.15, -0.1) is 10.2 Å². The van der Waals surface area contributed by atoms with Crippen molar-refractivity contribution in [1.82, 2.24) is 14.8 Å². The van der Waals surface area contributed by atoms with E-state index in [9.17, 15) is 0 Å². The number of ether oxygens (including phenoxy) is 3. The van der Waals surface area contributed by atoms with Crippen molar-refractivity contribution in [3.8, 4) is 11.5 Å². The molecule has 1 atom stereocenters. The largest absolute Gasteiger partial charge is 0.493 e. The van der Waals surface area contributed by atoms with Crippen molar-refractivity contribution in [3.05, 3.63) is 29.6 Å². The summed E-state index contributed by atoms with van der Waals surface area (Å²) in [6.07, 6.45) is 2.19. The SMILES string of the molecule is COCc1nnc(N2CCCC2c2ccc(OC)c(OC)c2)n1C. The Hall–Kier alpha value is -2.28. The zero-order valence-electron chi connectivity index (χ0n) is 14.7. The monoisotopic (exact) mass is 332 g/mol. The predicted octanol–water partition coefficient (Wildman–Crippen LogP) is 2.32. The van der Waals surface area contributed by atoms with Crippen molar-refractivity contribution < 1.29 is 14.2 Å². The van der Waals surface area contributed by atoms with Crippen LogP contribution in [0.25, 0.3) is 0 Å². The average Bonchev–Trinajstić information content (AvgIpc) is 3.22. The molecular formula is C17H24N4O3. The van der Waals surface area contributed by atoms with E-state index in [-0.39, 0.29) is 6.04 Å². The van der Waals surface area contributed by atoms with Gasteiger partial charge in [0.2, 0.25) is 5.95 Å². The van der Waals surface area contributed by atoms with Crippen LogP contribution >= 0.6 is 0 Å². The summed E-state index contributed by atoms with van der Waals surface area (Å²) >= 11 is 0. The van der Waals surface area contributed by atoms with Gasteiger partial charge in [-0.1, -0.05) is 6.07 Å². The van der Waals surface area contributed by atoms with Gasteiger partial charge in [0, 0.05) is 20.7 Å². The maximum Gasteiger partial charge on any atom is 0.227 e. The summed E-state index contributed by atoms with van der Waals surface area (Å²) in [6.45, 7) is 1.41. The fourth-order valence-electron chi connectivity index (χ4n) is 3.27. The second-order valence-corrected chi connectivity index (χ2v) is 5.87. The Morgan fingerprint density at radius 3 is 2.62 bits per heavy atom. The Kier molecular flexibility index (Phi) is 4.89. The van der Waals surface area contributed by atoms with Gasteiger partial charge in [0.1, 0.15) is 6.61 Å². The van der Waals surface area contributed by atoms with Gasteiger partial charge in [0.05, 0.1) is 20.3 Å². The minimum atomic E-state index is 0.253. The molecule has 1 aliphatic rings. The van der Waals surface area contributed by atoms with Crippen LogP contribution in [0.1, 0.15) is 30.3 Å². The standard InChI is InChI=1S/C17H24N4O3/c1-20-16(11-22-2)18-19-17(20)21-9-5-6-13(21)12-7-8-14(23-3)15(10-12)24-4/h7-8,10,13H,5-6,9,11H2,1-4H3. The molecule has 1 aliphatic heterocycles. The molecule has 130 valence electrons. The highest BCUT2D eigenvalue weighted by molar-refractivity contribution is 5.47. The van der Waals surface area contributed by atoms with Gasteiger partial charge in [-0.2, -0.15) is 0 Å². The molecule has 0 aliphatic carbocycles. The molecule has 7 nitrogen and oxygen atoms in total. The van der Waals surface area contributed by atoms with Crippen molar-refractivity contribution in [2.24, 2.45) is 7.05 Å². The predicted molar refractivity (Wildman–Crippen MR) is 90.6 cm³/mol. The van der Waals surface area contributed by atoms with Crippen molar-refractivity contribution in [2.75, 3.05) is 32.8 Å². The molecule has 1 aromatic carbocycles. The Morgan fingerprint density at radius 1 is 1.12 bits per heavy atom. The van der Waals surface area contributed by atoms with Gasteiger partial charge in [-0.3, -0.25) is 4.57 Å². The van der Waals surface area contributed by atoms with E-state index >= 15 is 0 Å². The lowest BCUT2D eigenvalue weighted by atomic mass is 10.0. The molecule has 0 amide bonds. The second-order valence-electron chi connectivity index (χ2n) is 5.87. The summed E-state index contributed by atoms with van der Waals surface area (Å²) in [4.78, 5) is 2.30. The summed E-state index contributed by atoms with van der Waals surface area (Å²) < 4.78 is 18.0. The molecule has 1 fully saturated rings. The van der Waals surface area contributed by atoms with Crippen molar-refractivity contribution in [3.63, 3.8) is 0 Å². The third-order valence-corrected chi connectivity index (χ3v) is 4.52. The number of aromatic nitrogens is 3. The van der Waals surface area contributed by atoms with E-state index in [2.05, 4.69) is 21.2 Å². The van der Waals surface area contributed by atoms with E-state index in [1.807, 2.05) is 23.7 Å². The first-order valence-electron chi connectivity index (χ1n) is 8.05. The first-order chi connectivity index (χ1) is 11.7. The molecule has 1 saturated heterocycles. The topological polar surface area (TPSA) is 61.6 Å². The van der Waals surface area contributed by atoms with Gasteiger partial charge >= 0.3 is 0 Å². The van der Waals surface area contributed by atoms with Gasteiger partial charge in [0.15, 0.2) is 17.3 Å². The number of hydrogen-bond donors (Lipinski definition) is 0. The van der Waals surface area contributed by atoms with Crippen molar-refractivity contribution >= 4 is 5.95 Å². The summed E-state index contributed by atoms with van der Waals surface area (Å²) in [7, 11) is 6.95. The van der Waals surface area contributed by atoms with Crippen LogP contribution in [0.5, 0.6) is 11.5 Å². The lowest BCUT2D eigenvalue weighted by molar-refractivity contribution is 0.175. The minimum absolute atomic E-state index is 0.253. The first-order valence-corrected chi connectivity index (χ1v) is 8.05. The van der Waals surface area contributed by atoms with Crippen LogP contribution in [-0.4, -0.2) is 42.6 Å². The summed E-state index contributed by atoms with van der Waals surface area (Å²) in [5.74, 6) is 3.19. The number of anilines is 1. The highest BCUT2D eigenvalue weighted by Crippen LogP contribution is 2.38. The third-order valence-electron chi connectivity index (χ3n) is 4.52. The van der Waals surface area contributed by atoms with Crippen LogP contribution in [0.15, 0.2) is 18.2 Å². The quantitative estimate of drug-likeness (QED) is 0.809. The van der Waals surface area contributed by atoms with E-state index in [0.717, 1.165) is 42.7 Å². The number of methoxy groups -OCH3 is 3.